The molecule has 152 valence electrons. The minimum absolute atomic E-state index is 0.0477. The van der Waals surface area contributed by atoms with Crippen molar-refractivity contribution in [2.24, 2.45) is 11.3 Å². The third-order valence-electron chi connectivity index (χ3n) is 6.68. The fourth-order valence-electron chi connectivity index (χ4n) is 4.85. The molecule has 0 radical (unpaired) electrons. The lowest BCUT2D eigenvalue weighted by molar-refractivity contribution is -0.146. The molecule has 4 rings (SSSR count). The van der Waals surface area contributed by atoms with Crippen LogP contribution in [0.25, 0.3) is 11.1 Å². The lowest BCUT2D eigenvalue weighted by atomic mass is 9.72. The van der Waals surface area contributed by atoms with E-state index in [9.17, 15) is 9.59 Å². The van der Waals surface area contributed by atoms with Gasteiger partial charge in [-0.1, -0.05) is 61.0 Å². The predicted octanol–water partition coefficient (Wildman–Crippen LogP) is 4.05. The highest BCUT2D eigenvalue weighted by Crippen LogP contribution is 2.39. The molecule has 4 nitrogen and oxygen atoms in total. The van der Waals surface area contributed by atoms with Gasteiger partial charge in [0.15, 0.2) is 0 Å². The first-order chi connectivity index (χ1) is 14.1. The number of nitrogens with zero attached hydrogens (tertiary/aromatic N) is 1. The van der Waals surface area contributed by atoms with Crippen LogP contribution in [-0.2, 0) is 16.0 Å². The van der Waals surface area contributed by atoms with Crippen LogP contribution in [0.4, 0.5) is 0 Å². The molecule has 0 bridgehead atoms. The van der Waals surface area contributed by atoms with Crippen molar-refractivity contribution in [1.29, 1.82) is 0 Å². The van der Waals surface area contributed by atoms with Crippen molar-refractivity contribution in [3.8, 4) is 11.1 Å². The maximum absolute atomic E-state index is 13.1. The number of rotatable bonds is 5. The molecule has 1 aliphatic heterocycles. The average molecular weight is 391 g/mol. The van der Waals surface area contributed by atoms with E-state index in [1.165, 1.54) is 11.1 Å². The number of amides is 2. The number of hydrogen-bond donors (Lipinski definition) is 1. The highest BCUT2D eigenvalue weighted by atomic mass is 16.2. The first-order valence-corrected chi connectivity index (χ1v) is 10.8. The molecule has 2 aromatic rings. The fourth-order valence-corrected chi connectivity index (χ4v) is 4.85. The van der Waals surface area contributed by atoms with Gasteiger partial charge in [0.05, 0.1) is 5.41 Å². The molecule has 2 aliphatic rings. The van der Waals surface area contributed by atoms with Gasteiger partial charge in [-0.15, -0.1) is 0 Å². The van der Waals surface area contributed by atoms with Crippen LogP contribution < -0.4 is 5.32 Å². The topological polar surface area (TPSA) is 49.4 Å². The second-order valence-electron chi connectivity index (χ2n) is 8.55. The maximum Gasteiger partial charge on any atom is 0.228 e. The minimum atomic E-state index is -0.572. The second kappa shape index (κ2) is 8.40. The van der Waals surface area contributed by atoms with Crippen molar-refractivity contribution in [1.82, 2.24) is 10.2 Å². The van der Waals surface area contributed by atoms with Crippen LogP contribution in [-0.4, -0.2) is 36.9 Å². The lowest BCUT2D eigenvalue weighted by Gasteiger charge is -2.43. The third kappa shape index (κ3) is 3.93. The highest BCUT2D eigenvalue weighted by molar-refractivity contribution is 5.86. The number of likely N-dealkylation sites (tertiary alicyclic amines) is 1. The van der Waals surface area contributed by atoms with Gasteiger partial charge < -0.3 is 10.2 Å². The van der Waals surface area contributed by atoms with Crippen molar-refractivity contribution in [2.45, 2.75) is 38.5 Å². The van der Waals surface area contributed by atoms with Crippen LogP contribution in [0, 0.1) is 11.3 Å². The number of carbonyl (C=O) groups is 2. The highest BCUT2D eigenvalue weighted by Gasteiger charge is 2.44. The Morgan fingerprint density at radius 2 is 1.76 bits per heavy atom. The molecule has 29 heavy (non-hydrogen) atoms. The molecule has 1 heterocycles. The largest absolute Gasteiger partial charge is 0.359 e. The van der Waals surface area contributed by atoms with Crippen LogP contribution in [0.1, 0.15) is 37.7 Å². The average Bonchev–Trinajstić information content (AvgIpc) is 2.73. The second-order valence-corrected chi connectivity index (χ2v) is 8.55. The normalized spacial score (nSPS) is 22.0. The van der Waals surface area contributed by atoms with Gasteiger partial charge in [0.25, 0.3) is 0 Å². The Hall–Kier alpha value is -2.62. The van der Waals surface area contributed by atoms with Gasteiger partial charge in [0.1, 0.15) is 0 Å². The molecule has 1 saturated carbocycles. The molecule has 1 N–H and O–H groups in total. The van der Waals surface area contributed by atoms with Gasteiger partial charge in [-0.2, -0.15) is 0 Å². The number of carbonyl (C=O) groups excluding carboxylic acids is 2. The fraction of sp³-hybridized carbons (Fsp3) is 0.440. The zero-order valence-electron chi connectivity index (χ0n) is 17.2. The molecule has 0 aromatic heterocycles. The third-order valence-corrected chi connectivity index (χ3v) is 6.68. The molecule has 1 atom stereocenters. The van der Waals surface area contributed by atoms with Crippen molar-refractivity contribution < 1.29 is 9.59 Å². The van der Waals surface area contributed by atoms with Crippen LogP contribution in [0.2, 0.25) is 0 Å². The first-order valence-electron chi connectivity index (χ1n) is 10.8. The summed E-state index contributed by atoms with van der Waals surface area (Å²) in [5, 5.41) is 2.89. The zero-order chi connectivity index (χ0) is 20.3. The Morgan fingerprint density at radius 1 is 1.03 bits per heavy atom. The molecule has 0 spiro atoms. The molecular weight excluding hydrogens is 360 g/mol. The summed E-state index contributed by atoms with van der Waals surface area (Å²) in [6, 6.07) is 18.7. The van der Waals surface area contributed by atoms with Crippen LogP contribution >= 0.6 is 0 Å². The number of piperidine rings is 1. The lowest BCUT2D eigenvalue weighted by Crippen LogP contribution is -2.55. The van der Waals surface area contributed by atoms with Crippen molar-refractivity contribution in [3.05, 3.63) is 60.2 Å². The zero-order valence-corrected chi connectivity index (χ0v) is 17.2. The summed E-state index contributed by atoms with van der Waals surface area (Å²) in [5.41, 5.74) is 2.92. The van der Waals surface area contributed by atoms with Gasteiger partial charge in [-0.25, -0.2) is 0 Å². The molecule has 2 amide bonds. The Balaban J connectivity index is 1.65. The Labute approximate surface area is 173 Å². The smallest absolute Gasteiger partial charge is 0.228 e. The van der Waals surface area contributed by atoms with Crippen LogP contribution in [0.3, 0.4) is 0 Å². The van der Waals surface area contributed by atoms with E-state index in [1.54, 1.807) is 7.05 Å². The van der Waals surface area contributed by atoms with Gasteiger partial charge in [-0.3, -0.25) is 9.59 Å². The summed E-state index contributed by atoms with van der Waals surface area (Å²) in [6.07, 6.45) is 5.48. The Morgan fingerprint density at radius 3 is 2.45 bits per heavy atom. The predicted molar refractivity (Wildman–Crippen MR) is 115 cm³/mol. The van der Waals surface area contributed by atoms with Crippen molar-refractivity contribution in [3.63, 3.8) is 0 Å². The summed E-state index contributed by atoms with van der Waals surface area (Å²) >= 11 is 0. The molecule has 1 saturated heterocycles. The number of benzene rings is 2. The van der Waals surface area contributed by atoms with E-state index < -0.39 is 5.41 Å². The van der Waals surface area contributed by atoms with Crippen LogP contribution in [0.15, 0.2) is 54.6 Å². The summed E-state index contributed by atoms with van der Waals surface area (Å²) in [7, 11) is 1.71. The van der Waals surface area contributed by atoms with E-state index >= 15 is 0 Å². The van der Waals surface area contributed by atoms with Crippen molar-refractivity contribution in [2.75, 3.05) is 20.1 Å². The monoisotopic (exact) mass is 390 g/mol. The first kappa shape index (κ1) is 19.7. The number of nitrogens with one attached hydrogen (secondary N) is 1. The van der Waals surface area contributed by atoms with Gasteiger partial charge in [-0.05, 0) is 48.8 Å². The van der Waals surface area contributed by atoms with Crippen LogP contribution in [0.5, 0.6) is 0 Å². The molecule has 2 aromatic carbocycles. The van der Waals surface area contributed by atoms with E-state index in [4.69, 9.17) is 0 Å². The SMILES string of the molecule is CNC(=O)C1(Cc2ccccc2-c2ccccc2)CCCN(C(=O)C2CCC2)C1. The molecule has 4 heteroatoms. The molecule has 1 aliphatic carbocycles. The Bertz CT molecular complexity index is 875. The van der Waals surface area contributed by atoms with E-state index in [2.05, 4.69) is 29.6 Å². The number of hydrogen-bond acceptors (Lipinski definition) is 2. The van der Waals surface area contributed by atoms with Gasteiger partial charge in [0.2, 0.25) is 11.8 Å². The van der Waals surface area contributed by atoms with E-state index in [1.807, 2.05) is 35.2 Å². The Kier molecular flexibility index (Phi) is 5.70. The van der Waals surface area contributed by atoms with Gasteiger partial charge >= 0.3 is 0 Å². The summed E-state index contributed by atoms with van der Waals surface area (Å²) in [6.45, 7) is 1.29. The minimum Gasteiger partial charge on any atom is -0.359 e. The molecular formula is C25H30N2O2. The molecule has 2 fully saturated rings. The summed E-state index contributed by atoms with van der Waals surface area (Å²) < 4.78 is 0. The summed E-state index contributed by atoms with van der Waals surface area (Å²) in [5.74, 6) is 0.471. The van der Waals surface area contributed by atoms with Gasteiger partial charge in [0, 0.05) is 26.1 Å². The van der Waals surface area contributed by atoms with E-state index in [-0.39, 0.29) is 17.7 Å². The van der Waals surface area contributed by atoms with E-state index in [0.29, 0.717) is 13.0 Å². The standard InChI is InChI=1S/C25H30N2O2/c1-26-24(29)25(15-8-16-27(18-25)23(28)20-12-7-13-20)17-21-11-5-6-14-22(21)19-9-3-2-4-10-19/h2-6,9-11,14,20H,7-8,12-13,15-18H2,1H3,(H,26,29). The quantitative estimate of drug-likeness (QED) is 0.837. The van der Waals surface area contributed by atoms with Crippen molar-refractivity contribution >= 4 is 11.8 Å². The maximum atomic E-state index is 13.1. The van der Waals surface area contributed by atoms with E-state index in [0.717, 1.165) is 44.2 Å². The summed E-state index contributed by atoms with van der Waals surface area (Å²) in [4.78, 5) is 28.0. The molecule has 1 unspecified atom stereocenters.